The van der Waals surface area contributed by atoms with E-state index in [-0.39, 0.29) is 6.42 Å². The number of rotatable bonds is 4. The van der Waals surface area contributed by atoms with Gasteiger partial charge in [0.1, 0.15) is 11.6 Å². The topological polar surface area (TPSA) is 52.4 Å². The Morgan fingerprint density at radius 3 is 2.32 bits per heavy atom. The molecular weight excluding hydrogens is 371 g/mol. The van der Waals surface area contributed by atoms with Gasteiger partial charge in [0.25, 0.3) is 6.04 Å². The van der Waals surface area contributed by atoms with Crippen LogP contribution in [-0.2, 0) is 6.42 Å². The minimum atomic E-state index is -1.39. The number of halogens is 3. The van der Waals surface area contributed by atoms with Gasteiger partial charge in [0.15, 0.2) is 17.7 Å². The highest BCUT2D eigenvalue weighted by molar-refractivity contribution is 5.69. The number of ether oxygens (including phenoxy) is 1. The predicted molar refractivity (Wildman–Crippen MR) is 102 cm³/mol. The summed E-state index contributed by atoms with van der Waals surface area (Å²) in [6.45, 7) is 11.4. The largest absolute Gasteiger partial charge is 0.478 e. The van der Waals surface area contributed by atoms with Gasteiger partial charge in [-0.15, -0.1) is 0 Å². The Morgan fingerprint density at radius 1 is 1.11 bits per heavy atom. The molecule has 3 rings (SSSR count). The second-order valence-electron chi connectivity index (χ2n) is 5.84. The maximum Gasteiger partial charge on any atom is 0.257 e. The van der Waals surface area contributed by atoms with Crippen molar-refractivity contribution in [3.05, 3.63) is 87.2 Å². The molecule has 2 aromatic rings. The number of nitrogens with zero attached hydrogens (tertiary/aromatic N) is 1. The van der Waals surface area contributed by atoms with Crippen LogP contribution in [0.25, 0.3) is 12.2 Å². The summed E-state index contributed by atoms with van der Waals surface area (Å²) in [5.74, 6) is -3.47. The summed E-state index contributed by atoms with van der Waals surface area (Å²) in [5.41, 5.74) is 1.50. The molecule has 7 heteroatoms. The van der Waals surface area contributed by atoms with E-state index in [2.05, 4.69) is 13.2 Å². The average molecular weight is 391 g/mol. The molecule has 2 aromatic carbocycles. The number of hydrogen-bond donors (Lipinski definition) is 0. The number of fused-ring (bicyclic) bond motifs is 1. The van der Waals surface area contributed by atoms with Crippen LogP contribution in [0, 0.1) is 27.6 Å². The summed E-state index contributed by atoms with van der Waals surface area (Å²) in [6.07, 6.45) is 1.66. The molecule has 2 atom stereocenters. The van der Waals surface area contributed by atoms with Crippen LogP contribution in [0.2, 0.25) is 0 Å². The summed E-state index contributed by atoms with van der Waals surface area (Å²) in [6, 6.07) is 2.86. The van der Waals surface area contributed by atoms with Crippen LogP contribution in [0.3, 0.4) is 0 Å². The normalized spacial score (nSPS) is 17.5. The Balaban J connectivity index is 0.00000136. The lowest BCUT2D eigenvalue weighted by atomic mass is 9.88. The van der Waals surface area contributed by atoms with E-state index in [4.69, 9.17) is 4.74 Å². The van der Waals surface area contributed by atoms with Crippen molar-refractivity contribution in [3.8, 4) is 5.75 Å². The molecule has 1 heterocycles. The molecule has 0 saturated carbocycles. The SMILES string of the molecule is C=Cc1ccc2c(c1C=C)CC([N+](=O)[O-])C(c1cc(F)c(F)cc1F)O2.CC. The van der Waals surface area contributed by atoms with Crippen molar-refractivity contribution in [1.82, 2.24) is 0 Å². The molecule has 4 nitrogen and oxygen atoms in total. The minimum Gasteiger partial charge on any atom is -0.478 e. The Bertz CT molecular complexity index is 928. The molecule has 0 fully saturated rings. The van der Waals surface area contributed by atoms with Crippen LogP contribution in [0.4, 0.5) is 13.2 Å². The molecule has 0 saturated heterocycles. The van der Waals surface area contributed by atoms with Gasteiger partial charge in [-0.25, -0.2) is 13.2 Å². The molecule has 0 radical (unpaired) electrons. The van der Waals surface area contributed by atoms with E-state index in [9.17, 15) is 23.3 Å². The van der Waals surface area contributed by atoms with E-state index in [1.165, 1.54) is 6.08 Å². The van der Waals surface area contributed by atoms with Crippen molar-refractivity contribution in [2.24, 2.45) is 0 Å². The van der Waals surface area contributed by atoms with E-state index >= 15 is 0 Å². The van der Waals surface area contributed by atoms with Crippen molar-refractivity contribution in [2.45, 2.75) is 32.4 Å². The summed E-state index contributed by atoms with van der Waals surface area (Å²) in [5, 5.41) is 11.6. The maximum atomic E-state index is 14.2. The first-order valence-electron chi connectivity index (χ1n) is 8.72. The number of hydrogen-bond acceptors (Lipinski definition) is 3. The van der Waals surface area contributed by atoms with Crippen LogP contribution >= 0.6 is 0 Å². The van der Waals surface area contributed by atoms with Gasteiger partial charge in [-0.2, -0.15) is 0 Å². The fourth-order valence-corrected chi connectivity index (χ4v) is 3.15. The van der Waals surface area contributed by atoms with Crippen LogP contribution < -0.4 is 4.74 Å². The summed E-state index contributed by atoms with van der Waals surface area (Å²) < 4.78 is 46.6. The van der Waals surface area contributed by atoms with Gasteiger partial charge in [-0.05, 0) is 23.3 Å². The quantitative estimate of drug-likeness (QED) is 0.379. The van der Waals surface area contributed by atoms with Crippen molar-refractivity contribution >= 4 is 12.2 Å². The van der Waals surface area contributed by atoms with Crippen LogP contribution in [-0.4, -0.2) is 11.0 Å². The van der Waals surface area contributed by atoms with E-state index in [0.717, 1.165) is 5.56 Å². The lowest BCUT2D eigenvalue weighted by Gasteiger charge is -2.30. The highest BCUT2D eigenvalue weighted by Gasteiger charge is 2.42. The van der Waals surface area contributed by atoms with E-state index in [1.807, 2.05) is 13.8 Å². The van der Waals surface area contributed by atoms with E-state index in [1.54, 1.807) is 18.2 Å². The highest BCUT2D eigenvalue weighted by Crippen LogP contribution is 2.40. The molecule has 0 aromatic heterocycles. The summed E-state index contributed by atoms with van der Waals surface area (Å²) in [4.78, 5) is 10.9. The summed E-state index contributed by atoms with van der Waals surface area (Å²) >= 11 is 0. The fourth-order valence-electron chi connectivity index (χ4n) is 3.15. The molecule has 1 aliphatic heterocycles. The lowest BCUT2D eigenvalue weighted by molar-refractivity contribution is -0.535. The molecule has 1 aliphatic rings. The molecular formula is C21H20F3NO3. The van der Waals surface area contributed by atoms with Crippen molar-refractivity contribution in [1.29, 1.82) is 0 Å². The molecule has 28 heavy (non-hydrogen) atoms. The molecule has 0 N–H and O–H groups in total. The average Bonchev–Trinajstić information content (AvgIpc) is 2.70. The van der Waals surface area contributed by atoms with E-state index < -0.39 is 40.1 Å². The zero-order valence-electron chi connectivity index (χ0n) is 15.5. The second kappa shape index (κ2) is 8.73. The molecule has 0 aliphatic carbocycles. The lowest BCUT2D eigenvalue weighted by Crippen LogP contribution is -2.37. The Hall–Kier alpha value is -3.09. The standard InChI is InChI=1S/C19H14F3NO3.C2H6/c1-3-10-5-6-18-12(11(10)4-2)8-17(23(24)25)19(26-18)13-7-15(21)16(22)9-14(13)20;1-2/h3-7,9,17,19H,1-2,8H2;1-2H3. The van der Waals surface area contributed by atoms with Gasteiger partial charge < -0.3 is 4.74 Å². The first-order valence-corrected chi connectivity index (χ1v) is 8.72. The van der Waals surface area contributed by atoms with Crippen LogP contribution in [0.5, 0.6) is 5.75 Å². The maximum absolute atomic E-state index is 14.2. The monoisotopic (exact) mass is 391 g/mol. The van der Waals surface area contributed by atoms with Gasteiger partial charge in [-0.3, -0.25) is 10.1 Å². The highest BCUT2D eigenvalue weighted by atomic mass is 19.2. The predicted octanol–water partition coefficient (Wildman–Crippen LogP) is 5.74. The van der Waals surface area contributed by atoms with Crippen molar-refractivity contribution in [2.75, 3.05) is 0 Å². The van der Waals surface area contributed by atoms with Crippen molar-refractivity contribution < 1.29 is 22.8 Å². The zero-order chi connectivity index (χ0) is 21.0. The smallest absolute Gasteiger partial charge is 0.257 e. The Kier molecular flexibility index (Phi) is 6.62. The second-order valence-corrected chi connectivity index (χ2v) is 5.84. The van der Waals surface area contributed by atoms with Gasteiger partial charge in [0.05, 0.1) is 0 Å². The van der Waals surface area contributed by atoms with Gasteiger partial charge in [0, 0.05) is 28.5 Å². The zero-order valence-corrected chi connectivity index (χ0v) is 15.5. The van der Waals surface area contributed by atoms with Crippen molar-refractivity contribution in [3.63, 3.8) is 0 Å². The first kappa shape index (κ1) is 21.2. The molecule has 0 amide bonds. The Labute approximate surface area is 161 Å². The van der Waals surface area contributed by atoms with E-state index in [0.29, 0.717) is 29.0 Å². The third-order valence-corrected chi connectivity index (χ3v) is 4.41. The first-order chi connectivity index (χ1) is 13.4. The summed E-state index contributed by atoms with van der Waals surface area (Å²) in [7, 11) is 0. The molecule has 0 bridgehead atoms. The van der Waals surface area contributed by atoms with Gasteiger partial charge >= 0.3 is 0 Å². The molecule has 0 spiro atoms. The fraction of sp³-hybridized carbons (Fsp3) is 0.238. The van der Waals surface area contributed by atoms with Crippen LogP contribution in [0.1, 0.15) is 42.2 Å². The third-order valence-electron chi connectivity index (χ3n) is 4.41. The molecule has 2 unspecified atom stereocenters. The minimum absolute atomic E-state index is 0.0749. The third kappa shape index (κ3) is 3.78. The number of nitro groups is 1. The molecule has 148 valence electrons. The van der Waals surface area contributed by atoms with Gasteiger partial charge in [0.2, 0.25) is 0 Å². The van der Waals surface area contributed by atoms with Gasteiger partial charge in [-0.1, -0.05) is 45.2 Å². The number of benzene rings is 2. The Morgan fingerprint density at radius 2 is 1.75 bits per heavy atom. The van der Waals surface area contributed by atoms with Crippen LogP contribution in [0.15, 0.2) is 37.4 Å².